The molecule has 5 heteroatoms. The molecule has 0 radical (unpaired) electrons. The van der Waals surface area contributed by atoms with Crippen LogP contribution in [0, 0.1) is 11.7 Å². The lowest BCUT2D eigenvalue weighted by molar-refractivity contribution is -0.0879. The minimum atomic E-state index is -3.12. The highest BCUT2D eigenvalue weighted by Gasteiger charge is 2.44. The van der Waals surface area contributed by atoms with Crippen LogP contribution in [-0.4, -0.2) is 31.6 Å². The maximum absolute atomic E-state index is 14.9. The van der Waals surface area contributed by atoms with Gasteiger partial charge in [-0.15, -0.1) is 0 Å². The lowest BCUT2D eigenvalue weighted by Gasteiger charge is -2.36. The van der Waals surface area contributed by atoms with Gasteiger partial charge in [0.1, 0.15) is 5.82 Å². The zero-order valence-corrected chi connectivity index (χ0v) is 14.2. The lowest BCUT2D eigenvalue weighted by Crippen LogP contribution is -2.40. The molecule has 1 fully saturated rings. The Morgan fingerprint density at radius 3 is 2.52 bits per heavy atom. The second kappa shape index (κ2) is 7.67. The van der Waals surface area contributed by atoms with Gasteiger partial charge in [0.2, 0.25) is 0 Å². The number of likely N-dealkylation sites (tertiary alicyclic amines) is 1. The topological polar surface area (TPSA) is 15.3 Å². The first-order valence-corrected chi connectivity index (χ1v) is 8.48. The van der Waals surface area contributed by atoms with Gasteiger partial charge in [0.05, 0.1) is 5.56 Å². The van der Waals surface area contributed by atoms with Crippen LogP contribution >= 0.6 is 0 Å². The lowest BCUT2D eigenvalue weighted by atomic mass is 9.85. The van der Waals surface area contributed by atoms with Gasteiger partial charge in [0.25, 0.3) is 5.92 Å². The molecular formula is C18H27F3N2. The van der Waals surface area contributed by atoms with Crippen LogP contribution in [0.4, 0.5) is 13.2 Å². The second-order valence-electron chi connectivity index (χ2n) is 6.46. The van der Waals surface area contributed by atoms with Gasteiger partial charge in [0.15, 0.2) is 0 Å². The van der Waals surface area contributed by atoms with Crippen LogP contribution in [0.15, 0.2) is 18.2 Å². The standard InChI is InChI=1S/C18H27F3N2/c1-4-10-23-11-8-14(9-12-23)18(20,21)16-7-5-6-15(17(16)19)13(2)22-3/h5-7,13-14,22H,4,8-12H2,1-3H3/t13-/m1/s1. The highest BCUT2D eigenvalue weighted by molar-refractivity contribution is 5.31. The Morgan fingerprint density at radius 2 is 1.96 bits per heavy atom. The molecule has 1 atom stereocenters. The Bertz CT molecular complexity index is 511. The Morgan fingerprint density at radius 1 is 1.30 bits per heavy atom. The molecular weight excluding hydrogens is 301 g/mol. The van der Waals surface area contributed by atoms with Crippen molar-refractivity contribution in [1.29, 1.82) is 0 Å². The number of nitrogens with one attached hydrogen (secondary N) is 1. The number of hydrogen-bond donors (Lipinski definition) is 1. The normalized spacial score (nSPS) is 19.0. The van der Waals surface area contributed by atoms with Crippen molar-refractivity contribution in [2.75, 3.05) is 26.7 Å². The molecule has 0 saturated carbocycles. The molecule has 0 amide bonds. The second-order valence-corrected chi connectivity index (χ2v) is 6.46. The summed E-state index contributed by atoms with van der Waals surface area (Å²) in [4.78, 5) is 2.21. The molecule has 0 aromatic heterocycles. The monoisotopic (exact) mass is 328 g/mol. The fraction of sp³-hybridized carbons (Fsp3) is 0.667. The van der Waals surface area contributed by atoms with Gasteiger partial charge in [0, 0.05) is 17.5 Å². The van der Waals surface area contributed by atoms with Gasteiger partial charge in [-0.05, 0) is 52.9 Å². The van der Waals surface area contributed by atoms with Gasteiger partial charge in [-0.3, -0.25) is 0 Å². The van der Waals surface area contributed by atoms with E-state index in [4.69, 9.17) is 0 Å². The maximum Gasteiger partial charge on any atom is 0.278 e. The molecule has 130 valence electrons. The van der Waals surface area contributed by atoms with E-state index < -0.39 is 23.2 Å². The molecule has 1 heterocycles. The summed E-state index contributed by atoms with van der Waals surface area (Å²) in [7, 11) is 1.69. The third-order valence-corrected chi connectivity index (χ3v) is 4.93. The number of benzene rings is 1. The first-order valence-electron chi connectivity index (χ1n) is 8.48. The number of piperidine rings is 1. The third kappa shape index (κ3) is 3.89. The number of hydrogen-bond acceptors (Lipinski definition) is 2. The number of halogens is 3. The van der Waals surface area contributed by atoms with Crippen molar-refractivity contribution < 1.29 is 13.2 Å². The van der Waals surface area contributed by atoms with Crippen molar-refractivity contribution >= 4 is 0 Å². The van der Waals surface area contributed by atoms with E-state index in [9.17, 15) is 13.2 Å². The molecule has 1 N–H and O–H groups in total. The highest BCUT2D eigenvalue weighted by atomic mass is 19.3. The molecule has 1 aliphatic heterocycles. The zero-order valence-electron chi connectivity index (χ0n) is 14.2. The Hall–Kier alpha value is -1.07. The van der Waals surface area contributed by atoms with Crippen LogP contribution in [0.25, 0.3) is 0 Å². The van der Waals surface area contributed by atoms with Crippen molar-refractivity contribution in [2.24, 2.45) is 5.92 Å². The summed E-state index contributed by atoms with van der Waals surface area (Å²) in [6.07, 6.45) is 1.86. The molecule has 1 aliphatic rings. The predicted octanol–water partition coefficient (Wildman–Crippen LogP) is 4.32. The van der Waals surface area contributed by atoms with Crippen molar-refractivity contribution in [3.05, 3.63) is 35.1 Å². The largest absolute Gasteiger partial charge is 0.313 e. The highest BCUT2D eigenvalue weighted by Crippen LogP contribution is 2.43. The van der Waals surface area contributed by atoms with Crippen molar-refractivity contribution in [3.8, 4) is 0 Å². The molecule has 1 aromatic carbocycles. The van der Waals surface area contributed by atoms with E-state index in [0.717, 1.165) is 13.0 Å². The van der Waals surface area contributed by atoms with Gasteiger partial charge in [-0.1, -0.05) is 25.1 Å². The van der Waals surface area contributed by atoms with E-state index in [1.54, 1.807) is 20.0 Å². The van der Waals surface area contributed by atoms with Crippen molar-refractivity contribution in [3.63, 3.8) is 0 Å². The Labute approximate surface area is 137 Å². The fourth-order valence-electron chi connectivity index (χ4n) is 3.35. The molecule has 1 saturated heterocycles. The molecule has 23 heavy (non-hydrogen) atoms. The van der Waals surface area contributed by atoms with Crippen LogP contribution < -0.4 is 5.32 Å². The number of rotatable bonds is 6. The zero-order chi connectivity index (χ0) is 17.0. The maximum atomic E-state index is 14.9. The van der Waals surface area contributed by atoms with E-state index in [0.29, 0.717) is 31.5 Å². The Balaban J connectivity index is 2.20. The first-order chi connectivity index (χ1) is 10.9. The van der Waals surface area contributed by atoms with E-state index >= 15 is 0 Å². The molecule has 0 aliphatic carbocycles. The third-order valence-electron chi connectivity index (χ3n) is 4.93. The summed E-state index contributed by atoms with van der Waals surface area (Å²) >= 11 is 0. The summed E-state index contributed by atoms with van der Waals surface area (Å²) < 4.78 is 44.4. The summed E-state index contributed by atoms with van der Waals surface area (Å²) in [5.41, 5.74) is -0.154. The molecule has 2 rings (SSSR count). The SMILES string of the molecule is CCCN1CCC(C(F)(F)c2cccc([C@@H](C)NC)c2F)CC1. The quantitative estimate of drug-likeness (QED) is 0.836. The summed E-state index contributed by atoms with van der Waals surface area (Å²) in [6, 6.07) is 4.04. The molecule has 0 bridgehead atoms. The van der Waals surface area contributed by atoms with Crippen LogP contribution in [0.5, 0.6) is 0 Å². The average molecular weight is 328 g/mol. The molecule has 1 aromatic rings. The average Bonchev–Trinajstić information content (AvgIpc) is 2.55. The molecule has 0 spiro atoms. The summed E-state index contributed by atoms with van der Waals surface area (Å²) in [6.45, 7) is 6.14. The van der Waals surface area contributed by atoms with E-state index in [1.807, 2.05) is 0 Å². The van der Waals surface area contributed by atoms with Crippen LogP contribution in [0.3, 0.4) is 0 Å². The van der Waals surface area contributed by atoms with Crippen molar-refractivity contribution in [2.45, 2.75) is 45.1 Å². The van der Waals surface area contributed by atoms with E-state index in [-0.39, 0.29) is 6.04 Å². The minimum absolute atomic E-state index is 0.294. The van der Waals surface area contributed by atoms with Gasteiger partial charge in [-0.2, -0.15) is 0 Å². The van der Waals surface area contributed by atoms with Crippen LogP contribution in [0.2, 0.25) is 0 Å². The van der Waals surface area contributed by atoms with Crippen LogP contribution in [0.1, 0.15) is 50.3 Å². The number of nitrogens with zero attached hydrogens (tertiary/aromatic N) is 1. The van der Waals surface area contributed by atoms with Crippen molar-refractivity contribution in [1.82, 2.24) is 10.2 Å². The minimum Gasteiger partial charge on any atom is -0.313 e. The molecule has 2 nitrogen and oxygen atoms in total. The smallest absolute Gasteiger partial charge is 0.278 e. The van der Waals surface area contributed by atoms with E-state index in [1.165, 1.54) is 12.1 Å². The number of alkyl halides is 2. The van der Waals surface area contributed by atoms with Crippen LogP contribution in [-0.2, 0) is 5.92 Å². The fourth-order valence-corrected chi connectivity index (χ4v) is 3.35. The predicted molar refractivity (Wildman–Crippen MR) is 87.2 cm³/mol. The van der Waals surface area contributed by atoms with E-state index in [2.05, 4.69) is 17.1 Å². The van der Waals surface area contributed by atoms with Gasteiger partial charge < -0.3 is 10.2 Å². The molecule has 0 unspecified atom stereocenters. The summed E-state index contributed by atoms with van der Waals surface area (Å²) in [5.74, 6) is -4.67. The van der Waals surface area contributed by atoms with Gasteiger partial charge >= 0.3 is 0 Å². The first kappa shape index (κ1) is 18.3. The summed E-state index contributed by atoms with van der Waals surface area (Å²) in [5, 5.41) is 2.91. The van der Waals surface area contributed by atoms with Gasteiger partial charge in [-0.25, -0.2) is 13.2 Å². The Kier molecular flexibility index (Phi) is 6.09.